The summed E-state index contributed by atoms with van der Waals surface area (Å²) in [4.78, 5) is 15.2. The maximum Gasteiger partial charge on any atom is 0.260 e. The quantitative estimate of drug-likeness (QED) is 0.674. The monoisotopic (exact) mass is 434 g/mol. The van der Waals surface area contributed by atoms with Crippen LogP contribution in [0.3, 0.4) is 0 Å². The maximum absolute atomic E-state index is 12.6. The fourth-order valence-electron chi connectivity index (χ4n) is 5.30. The molecule has 3 heterocycles. The number of anilines is 1. The lowest BCUT2D eigenvalue weighted by Gasteiger charge is -2.29. The molecular weight excluding hydrogens is 404 g/mol. The highest BCUT2D eigenvalue weighted by molar-refractivity contribution is 6.36. The number of nitrogens with zero attached hydrogens (tertiary/aromatic N) is 1. The first-order valence-electron chi connectivity index (χ1n) is 11.3. The van der Waals surface area contributed by atoms with Gasteiger partial charge in [-0.05, 0) is 30.9 Å². The van der Waals surface area contributed by atoms with Gasteiger partial charge in [0, 0.05) is 55.2 Å². The molecule has 1 fully saturated rings. The highest BCUT2D eigenvalue weighted by atomic mass is 16.5. The van der Waals surface area contributed by atoms with Crippen molar-refractivity contribution >= 4 is 22.9 Å². The SMILES string of the molecule is COC[C@@H]1CC[C@@H](COC)N1CCc1ccc2c(c1)COC2=C1C(=O)Nc2ccccc21. The lowest BCUT2D eigenvalue weighted by Crippen LogP contribution is -2.41. The molecule has 0 aromatic heterocycles. The van der Waals surface area contributed by atoms with Crippen LogP contribution >= 0.6 is 0 Å². The number of nitrogens with one attached hydrogen (secondary N) is 1. The molecule has 1 N–H and O–H groups in total. The van der Waals surface area contributed by atoms with Gasteiger partial charge in [-0.2, -0.15) is 0 Å². The van der Waals surface area contributed by atoms with Gasteiger partial charge in [-0.15, -0.1) is 0 Å². The summed E-state index contributed by atoms with van der Waals surface area (Å²) < 4.78 is 16.9. The fraction of sp³-hybridized carbons (Fsp3) is 0.423. The molecule has 2 aromatic rings. The van der Waals surface area contributed by atoms with Crippen molar-refractivity contribution in [3.05, 3.63) is 64.7 Å². The maximum atomic E-state index is 12.6. The van der Waals surface area contributed by atoms with Crippen molar-refractivity contribution in [2.75, 3.05) is 39.3 Å². The minimum Gasteiger partial charge on any atom is -0.487 e. The number of para-hydroxylation sites is 1. The van der Waals surface area contributed by atoms with Gasteiger partial charge >= 0.3 is 0 Å². The first-order chi connectivity index (χ1) is 15.7. The minimum atomic E-state index is -0.0967. The topological polar surface area (TPSA) is 60.0 Å². The molecule has 1 amide bonds. The summed E-state index contributed by atoms with van der Waals surface area (Å²) in [6.07, 6.45) is 3.27. The van der Waals surface area contributed by atoms with Crippen molar-refractivity contribution in [1.29, 1.82) is 0 Å². The third-order valence-electron chi connectivity index (χ3n) is 6.83. The standard InChI is InChI=1S/C26H30N2O4/c1-30-15-19-8-9-20(16-31-2)28(19)12-11-17-7-10-21-18(13-17)14-32-25(21)24-22-5-3-4-6-23(22)27-26(24)29/h3-7,10,13,19-20H,8-9,11-12,14-16H2,1-2H3,(H,27,29)/t19-,20-/m0/s1. The number of hydrogen-bond donors (Lipinski definition) is 1. The molecule has 5 rings (SSSR count). The normalized spacial score (nSPS) is 24.4. The number of benzene rings is 2. The third kappa shape index (κ3) is 3.83. The van der Waals surface area contributed by atoms with Gasteiger partial charge in [0.05, 0.1) is 18.8 Å². The van der Waals surface area contributed by atoms with Crippen LogP contribution in [0.15, 0.2) is 42.5 Å². The molecule has 6 nitrogen and oxygen atoms in total. The molecule has 3 aliphatic rings. The Labute approximate surface area is 189 Å². The lowest BCUT2D eigenvalue weighted by molar-refractivity contribution is -0.110. The van der Waals surface area contributed by atoms with Crippen LogP contribution in [0.25, 0.3) is 11.3 Å². The molecule has 168 valence electrons. The largest absolute Gasteiger partial charge is 0.487 e. The molecule has 0 unspecified atom stereocenters. The van der Waals surface area contributed by atoms with Crippen LogP contribution in [-0.2, 0) is 32.0 Å². The number of carbonyl (C=O) groups is 1. The zero-order valence-corrected chi connectivity index (χ0v) is 18.7. The van der Waals surface area contributed by atoms with E-state index in [-0.39, 0.29) is 5.91 Å². The van der Waals surface area contributed by atoms with E-state index in [9.17, 15) is 4.79 Å². The molecule has 3 aliphatic heterocycles. The van der Waals surface area contributed by atoms with Crippen LogP contribution in [0.2, 0.25) is 0 Å². The first kappa shape index (κ1) is 21.2. The molecule has 32 heavy (non-hydrogen) atoms. The second kappa shape index (κ2) is 9.06. The summed E-state index contributed by atoms with van der Waals surface area (Å²) in [7, 11) is 3.55. The van der Waals surface area contributed by atoms with E-state index in [1.807, 2.05) is 24.3 Å². The van der Waals surface area contributed by atoms with Gasteiger partial charge in [0.2, 0.25) is 0 Å². The number of methoxy groups -OCH3 is 2. The van der Waals surface area contributed by atoms with Gasteiger partial charge in [0.1, 0.15) is 12.4 Å². The number of amides is 1. The van der Waals surface area contributed by atoms with Crippen molar-refractivity contribution < 1.29 is 19.0 Å². The van der Waals surface area contributed by atoms with Crippen LogP contribution in [0.5, 0.6) is 0 Å². The molecule has 2 atom stereocenters. The highest BCUT2D eigenvalue weighted by Crippen LogP contribution is 2.41. The van der Waals surface area contributed by atoms with E-state index in [1.54, 1.807) is 14.2 Å². The average molecular weight is 435 g/mol. The van der Waals surface area contributed by atoms with Crippen molar-refractivity contribution in [1.82, 2.24) is 4.90 Å². The van der Waals surface area contributed by atoms with Crippen molar-refractivity contribution in [3.63, 3.8) is 0 Å². The predicted molar refractivity (Wildman–Crippen MR) is 124 cm³/mol. The predicted octanol–water partition coefficient (Wildman–Crippen LogP) is 3.71. The first-order valence-corrected chi connectivity index (χ1v) is 11.3. The van der Waals surface area contributed by atoms with E-state index < -0.39 is 0 Å². The number of carbonyl (C=O) groups excluding carboxylic acids is 1. The number of likely N-dealkylation sites (tertiary alicyclic amines) is 1. The Balaban J connectivity index is 1.35. The minimum absolute atomic E-state index is 0.0967. The number of ether oxygens (including phenoxy) is 3. The zero-order chi connectivity index (χ0) is 22.1. The molecule has 1 saturated heterocycles. The summed E-state index contributed by atoms with van der Waals surface area (Å²) >= 11 is 0. The van der Waals surface area contributed by atoms with Gasteiger partial charge in [-0.3, -0.25) is 9.69 Å². The van der Waals surface area contributed by atoms with Crippen molar-refractivity contribution in [2.45, 2.75) is 38.0 Å². The van der Waals surface area contributed by atoms with Crippen LogP contribution in [0, 0.1) is 0 Å². The van der Waals surface area contributed by atoms with E-state index >= 15 is 0 Å². The Bertz CT molecular complexity index is 1030. The second-order valence-corrected chi connectivity index (χ2v) is 8.77. The Morgan fingerprint density at radius 1 is 1.03 bits per heavy atom. The Hall–Kier alpha value is -2.67. The molecule has 0 aliphatic carbocycles. The van der Waals surface area contributed by atoms with Crippen molar-refractivity contribution in [2.24, 2.45) is 0 Å². The number of fused-ring (bicyclic) bond motifs is 2. The summed E-state index contributed by atoms with van der Waals surface area (Å²) in [5, 5.41) is 2.94. The van der Waals surface area contributed by atoms with Crippen LogP contribution in [0.1, 0.15) is 35.1 Å². The lowest BCUT2D eigenvalue weighted by atomic mass is 9.98. The van der Waals surface area contributed by atoms with Crippen LogP contribution in [-0.4, -0.2) is 56.9 Å². The molecule has 2 aromatic carbocycles. The highest BCUT2D eigenvalue weighted by Gasteiger charge is 2.34. The van der Waals surface area contributed by atoms with Gasteiger partial charge in [-0.1, -0.05) is 36.4 Å². The van der Waals surface area contributed by atoms with Gasteiger partial charge < -0.3 is 19.5 Å². The summed E-state index contributed by atoms with van der Waals surface area (Å²) in [6, 6.07) is 15.2. The fourth-order valence-corrected chi connectivity index (χ4v) is 5.30. The molecule has 0 bridgehead atoms. The van der Waals surface area contributed by atoms with E-state index in [1.165, 1.54) is 5.56 Å². The van der Waals surface area contributed by atoms with Gasteiger partial charge in [-0.25, -0.2) is 0 Å². The third-order valence-corrected chi connectivity index (χ3v) is 6.83. The Morgan fingerprint density at radius 3 is 2.53 bits per heavy atom. The van der Waals surface area contributed by atoms with Gasteiger partial charge in [0.15, 0.2) is 0 Å². The zero-order valence-electron chi connectivity index (χ0n) is 18.7. The molecule has 6 heteroatoms. The summed E-state index contributed by atoms with van der Waals surface area (Å²) in [5.74, 6) is 0.592. The Morgan fingerprint density at radius 2 is 1.78 bits per heavy atom. The average Bonchev–Trinajstić information content (AvgIpc) is 3.47. The smallest absolute Gasteiger partial charge is 0.260 e. The summed E-state index contributed by atoms with van der Waals surface area (Å²) in [5.41, 5.74) is 5.84. The molecule has 0 radical (unpaired) electrons. The molecule has 0 saturated carbocycles. The van der Waals surface area contributed by atoms with Crippen molar-refractivity contribution in [3.8, 4) is 0 Å². The van der Waals surface area contributed by atoms with Crippen LogP contribution in [0.4, 0.5) is 5.69 Å². The molecule has 0 spiro atoms. The second-order valence-electron chi connectivity index (χ2n) is 8.77. The van der Waals surface area contributed by atoms with E-state index in [0.29, 0.717) is 30.0 Å². The molecular formula is C26H30N2O4. The van der Waals surface area contributed by atoms with Crippen LogP contribution < -0.4 is 5.32 Å². The number of hydrogen-bond acceptors (Lipinski definition) is 5. The summed E-state index contributed by atoms with van der Waals surface area (Å²) in [6.45, 7) is 3.00. The van der Waals surface area contributed by atoms with E-state index in [2.05, 4.69) is 28.4 Å². The Kier molecular flexibility index (Phi) is 6.00. The number of rotatable bonds is 7. The van der Waals surface area contributed by atoms with E-state index in [0.717, 1.165) is 61.4 Å². The van der Waals surface area contributed by atoms with E-state index in [4.69, 9.17) is 14.2 Å². The van der Waals surface area contributed by atoms with Gasteiger partial charge in [0.25, 0.3) is 5.91 Å².